The van der Waals surface area contributed by atoms with E-state index in [4.69, 9.17) is 9.94 Å². The van der Waals surface area contributed by atoms with Crippen molar-refractivity contribution in [3.63, 3.8) is 0 Å². The quantitative estimate of drug-likeness (QED) is 0.296. The van der Waals surface area contributed by atoms with E-state index in [1.54, 1.807) is 13.8 Å². The van der Waals surface area contributed by atoms with Gasteiger partial charge in [-0.15, -0.1) is 0 Å². The van der Waals surface area contributed by atoms with Crippen LogP contribution in [0.3, 0.4) is 0 Å². The van der Waals surface area contributed by atoms with Crippen molar-refractivity contribution in [2.45, 2.75) is 48.5 Å². The summed E-state index contributed by atoms with van der Waals surface area (Å²) in [4.78, 5) is 12.1. The maximum Gasteiger partial charge on any atom is 0.416 e. The van der Waals surface area contributed by atoms with Gasteiger partial charge in [0, 0.05) is 17.0 Å². The topological polar surface area (TPSA) is 95.9 Å². The fraction of sp³-hybridized carbons (Fsp3) is 0.409. The van der Waals surface area contributed by atoms with E-state index in [2.05, 4.69) is 0 Å². The first-order valence-electron chi connectivity index (χ1n) is 10.6. The Hall–Kier alpha value is -2.49. The number of benzene rings is 2. The Labute approximate surface area is 212 Å². The number of carbonyl (C=O) groups is 1. The van der Waals surface area contributed by atoms with Gasteiger partial charge in [-0.1, -0.05) is 0 Å². The SMILES string of the molecule is CC1(C)SCCN(S(=O)(=O)c2ccc(OCc3cc(C(F)(F)F)cc(C(F)(F)F)c3)cc2)[C@H]1C(=O)NO. The Morgan fingerprint density at radius 3 is 2.11 bits per heavy atom. The van der Waals surface area contributed by atoms with Crippen molar-refractivity contribution in [2.75, 3.05) is 12.3 Å². The van der Waals surface area contributed by atoms with Gasteiger partial charge < -0.3 is 4.74 Å². The summed E-state index contributed by atoms with van der Waals surface area (Å²) in [6.45, 7) is 2.67. The number of amides is 1. The summed E-state index contributed by atoms with van der Waals surface area (Å²) in [5, 5.41) is 9.11. The normalized spacial score (nSPS) is 18.9. The number of nitrogens with one attached hydrogen (secondary N) is 1. The number of halogens is 6. The fourth-order valence-corrected chi connectivity index (χ4v) is 6.94. The molecule has 0 radical (unpaired) electrons. The molecule has 1 aliphatic rings. The van der Waals surface area contributed by atoms with E-state index in [-0.39, 0.29) is 28.8 Å². The Morgan fingerprint density at radius 1 is 1.08 bits per heavy atom. The second-order valence-electron chi connectivity index (χ2n) is 8.62. The molecule has 204 valence electrons. The summed E-state index contributed by atoms with van der Waals surface area (Å²) < 4.78 is 110. The minimum absolute atomic E-state index is 0.00780. The lowest BCUT2D eigenvalue weighted by Gasteiger charge is -2.43. The summed E-state index contributed by atoms with van der Waals surface area (Å²) in [6.07, 6.45) is -10.0. The van der Waals surface area contributed by atoms with Gasteiger partial charge in [-0.3, -0.25) is 10.0 Å². The predicted octanol–water partition coefficient (Wildman–Crippen LogP) is 4.69. The third-order valence-electron chi connectivity index (χ3n) is 5.57. The first kappa shape index (κ1) is 29.1. The van der Waals surface area contributed by atoms with Crippen LogP contribution < -0.4 is 10.2 Å². The first-order valence-corrected chi connectivity index (χ1v) is 13.0. The number of thioether (sulfide) groups is 1. The van der Waals surface area contributed by atoms with Crippen LogP contribution in [0.4, 0.5) is 26.3 Å². The van der Waals surface area contributed by atoms with Crippen LogP contribution in [0.15, 0.2) is 47.4 Å². The Kier molecular flexibility index (Phi) is 8.13. The molecule has 3 rings (SSSR count). The average molecular weight is 573 g/mol. The zero-order chi connectivity index (χ0) is 27.8. The molecule has 0 saturated carbocycles. The van der Waals surface area contributed by atoms with Gasteiger partial charge >= 0.3 is 12.4 Å². The molecule has 1 heterocycles. The second kappa shape index (κ2) is 10.3. The number of sulfonamides is 1. The number of alkyl halides is 6. The zero-order valence-electron chi connectivity index (χ0n) is 19.4. The van der Waals surface area contributed by atoms with Crippen LogP contribution in [-0.4, -0.2) is 46.9 Å². The Bertz CT molecular complexity index is 1220. The molecular formula is C22H22F6N2O5S2. The molecule has 1 saturated heterocycles. The molecule has 1 aliphatic heterocycles. The molecule has 0 aromatic heterocycles. The van der Waals surface area contributed by atoms with Crippen LogP contribution in [0.25, 0.3) is 0 Å². The maximum absolute atomic E-state index is 13.3. The van der Waals surface area contributed by atoms with Crippen molar-refractivity contribution >= 4 is 27.7 Å². The van der Waals surface area contributed by atoms with Gasteiger partial charge in [0.1, 0.15) is 18.4 Å². The van der Waals surface area contributed by atoms with E-state index in [9.17, 15) is 39.6 Å². The first-order chi connectivity index (χ1) is 17.0. The number of carbonyl (C=O) groups excluding carboxylic acids is 1. The third kappa shape index (κ3) is 6.51. The fourth-order valence-electron chi connectivity index (χ4n) is 3.83. The van der Waals surface area contributed by atoms with Gasteiger partial charge in [0.05, 0.1) is 16.0 Å². The van der Waals surface area contributed by atoms with Crippen molar-refractivity contribution in [2.24, 2.45) is 0 Å². The molecule has 1 atom stereocenters. The predicted molar refractivity (Wildman–Crippen MR) is 121 cm³/mol. The van der Waals surface area contributed by atoms with Gasteiger partial charge in [-0.05, 0) is 61.9 Å². The summed E-state index contributed by atoms with van der Waals surface area (Å²) in [5.41, 5.74) is -1.85. The maximum atomic E-state index is 13.3. The summed E-state index contributed by atoms with van der Waals surface area (Å²) in [6, 6.07) is 4.52. The molecule has 1 fully saturated rings. The van der Waals surface area contributed by atoms with Crippen molar-refractivity contribution in [3.05, 3.63) is 59.2 Å². The lowest BCUT2D eigenvalue weighted by Crippen LogP contribution is -2.61. The molecule has 15 heteroatoms. The number of ether oxygens (including phenoxy) is 1. The summed E-state index contributed by atoms with van der Waals surface area (Å²) in [7, 11) is -4.22. The van der Waals surface area contributed by atoms with Crippen molar-refractivity contribution in [1.82, 2.24) is 9.79 Å². The van der Waals surface area contributed by atoms with Gasteiger partial charge in [0.25, 0.3) is 5.91 Å². The average Bonchev–Trinajstić information content (AvgIpc) is 2.80. The molecule has 0 bridgehead atoms. The van der Waals surface area contributed by atoms with Crippen LogP contribution in [0.5, 0.6) is 5.75 Å². The van der Waals surface area contributed by atoms with Crippen LogP contribution in [0, 0.1) is 0 Å². The second-order valence-corrected chi connectivity index (χ2v) is 12.3. The summed E-state index contributed by atoms with van der Waals surface area (Å²) >= 11 is 1.36. The van der Waals surface area contributed by atoms with Crippen molar-refractivity contribution in [3.8, 4) is 5.75 Å². The Balaban J connectivity index is 1.82. The molecule has 7 nitrogen and oxygen atoms in total. The lowest BCUT2D eigenvalue weighted by atomic mass is 10.0. The number of hydroxylamine groups is 1. The van der Waals surface area contributed by atoms with Gasteiger partial charge in [0.2, 0.25) is 10.0 Å². The number of hydrogen-bond acceptors (Lipinski definition) is 6. The molecule has 0 spiro atoms. The monoisotopic (exact) mass is 572 g/mol. The lowest BCUT2D eigenvalue weighted by molar-refractivity contribution is -0.143. The van der Waals surface area contributed by atoms with Crippen molar-refractivity contribution in [1.29, 1.82) is 0 Å². The standard InChI is InChI=1S/C22H22F6N2O5S2/c1-20(2)18(19(31)29-32)30(7-8-36-20)37(33,34)17-5-3-16(4-6-17)35-12-13-9-14(21(23,24)25)11-15(10-13)22(26,27)28/h3-6,9-11,18,32H,7-8,12H2,1-2H3,(H,29,31)/t18-/m0/s1. The van der Waals surface area contributed by atoms with E-state index in [1.807, 2.05) is 0 Å². The molecule has 2 N–H and O–H groups in total. The van der Waals surface area contributed by atoms with Crippen LogP contribution in [0.1, 0.15) is 30.5 Å². The molecular weight excluding hydrogens is 550 g/mol. The van der Waals surface area contributed by atoms with E-state index >= 15 is 0 Å². The van der Waals surface area contributed by atoms with Crippen molar-refractivity contribution < 1.29 is 49.5 Å². The minimum Gasteiger partial charge on any atom is -0.489 e. The highest BCUT2D eigenvalue weighted by atomic mass is 32.2. The van der Waals surface area contributed by atoms with E-state index in [1.165, 1.54) is 29.4 Å². The Morgan fingerprint density at radius 2 is 1.62 bits per heavy atom. The van der Waals surface area contributed by atoms with Gasteiger partial charge in [0.15, 0.2) is 0 Å². The minimum atomic E-state index is -5.00. The molecule has 0 unspecified atom stereocenters. The molecule has 1 amide bonds. The number of hydrogen-bond donors (Lipinski definition) is 2. The van der Waals surface area contributed by atoms with E-state index in [0.717, 1.165) is 16.4 Å². The smallest absolute Gasteiger partial charge is 0.416 e. The highest BCUT2D eigenvalue weighted by Crippen LogP contribution is 2.39. The molecule has 2 aromatic rings. The van der Waals surface area contributed by atoms with E-state index in [0.29, 0.717) is 17.9 Å². The van der Waals surface area contributed by atoms with Crippen LogP contribution in [-0.2, 0) is 33.8 Å². The summed E-state index contributed by atoms with van der Waals surface area (Å²) in [5.74, 6) is -0.524. The largest absolute Gasteiger partial charge is 0.489 e. The van der Waals surface area contributed by atoms with Crippen LogP contribution in [0.2, 0.25) is 0 Å². The highest BCUT2D eigenvalue weighted by molar-refractivity contribution is 8.00. The molecule has 37 heavy (non-hydrogen) atoms. The van der Waals surface area contributed by atoms with Gasteiger partial charge in [-0.2, -0.15) is 42.4 Å². The highest BCUT2D eigenvalue weighted by Gasteiger charge is 2.48. The number of nitrogens with zero attached hydrogens (tertiary/aromatic N) is 1. The zero-order valence-corrected chi connectivity index (χ0v) is 21.0. The van der Waals surface area contributed by atoms with Gasteiger partial charge in [-0.25, -0.2) is 13.9 Å². The van der Waals surface area contributed by atoms with E-state index < -0.39 is 56.8 Å². The molecule has 0 aliphatic carbocycles. The third-order valence-corrected chi connectivity index (χ3v) is 8.81. The van der Waals surface area contributed by atoms with Crippen LogP contribution >= 0.6 is 11.8 Å². The number of rotatable bonds is 6. The molecule has 2 aromatic carbocycles.